The van der Waals surface area contributed by atoms with Crippen LogP contribution in [0.5, 0.6) is 0 Å². The molecule has 6 nitrogen and oxygen atoms in total. The first-order valence-electron chi connectivity index (χ1n) is 9.76. The zero-order valence-electron chi connectivity index (χ0n) is 16.4. The van der Waals surface area contributed by atoms with Crippen molar-refractivity contribution in [2.45, 2.75) is 45.1 Å². The Balaban J connectivity index is 1.93. The second kappa shape index (κ2) is 7.91. The van der Waals surface area contributed by atoms with Crippen molar-refractivity contribution >= 4 is 33.3 Å². The van der Waals surface area contributed by atoms with E-state index in [4.69, 9.17) is 9.72 Å². The van der Waals surface area contributed by atoms with Gasteiger partial charge in [-0.15, -0.1) is 11.3 Å². The third-order valence-corrected chi connectivity index (χ3v) is 6.61. The molecule has 2 aromatic heterocycles. The highest BCUT2D eigenvalue weighted by atomic mass is 32.1. The van der Waals surface area contributed by atoms with E-state index in [1.54, 1.807) is 35.6 Å². The predicted molar refractivity (Wildman–Crippen MR) is 112 cm³/mol. The fraction of sp³-hybridized carbons (Fsp3) is 0.364. The van der Waals surface area contributed by atoms with Gasteiger partial charge < -0.3 is 4.74 Å². The number of ketones is 1. The number of esters is 1. The molecule has 0 spiro atoms. The Morgan fingerprint density at radius 3 is 2.69 bits per heavy atom. The van der Waals surface area contributed by atoms with Crippen LogP contribution in [0.15, 0.2) is 35.1 Å². The fourth-order valence-electron chi connectivity index (χ4n) is 4.01. The first kappa shape index (κ1) is 19.5. The zero-order chi connectivity index (χ0) is 20.5. The van der Waals surface area contributed by atoms with E-state index >= 15 is 0 Å². The summed E-state index contributed by atoms with van der Waals surface area (Å²) in [4.78, 5) is 45.7. The molecule has 3 aromatic rings. The standard InChI is InChI=1S/C22H22N2O4S/c1-3-17-23-21-19(14-10-7-11-16(14)29-21)22(27)24(17)15(12-18(25)28-2)20(26)13-8-5-4-6-9-13/h4-6,8-9,15H,3,7,10-12H2,1-2H3. The number of aromatic nitrogens is 2. The highest BCUT2D eigenvalue weighted by Gasteiger charge is 2.31. The second-order valence-corrected chi connectivity index (χ2v) is 8.20. The number of benzene rings is 1. The van der Waals surface area contributed by atoms with Crippen molar-refractivity contribution in [3.63, 3.8) is 0 Å². The Kier molecular flexibility index (Phi) is 5.32. The Bertz CT molecular complexity index is 1150. The largest absolute Gasteiger partial charge is 0.469 e. The molecular weight excluding hydrogens is 388 g/mol. The van der Waals surface area contributed by atoms with E-state index in [0.717, 1.165) is 29.7 Å². The maximum Gasteiger partial charge on any atom is 0.308 e. The van der Waals surface area contributed by atoms with Crippen LogP contribution in [0.1, 0.15) is 52.4 Å². The lowest BCUT2D eigenvalue weighted by atomic mass is 10.0. The van der Waals surface area contributed by atoms with Gasteiger partial charge in [-0.3, -0.25) is 19.0 Å². The minimum Gasteiger partial charge on any atom is -0.469 e. The monoisotopic (exact) mass is 410 g/mol. The molecule has 0 N–H and O–H groups in total. The Hall–Kier alpha value is -2.80. The van der Waals surface area contributed by atoms with Crippen LogP contribution in [-0.2, 0) is 28.8 Å². The van der Waals surface area contributed by atoms with Crippen molar-refractivity contribution in [1.82, 2.24) is 9.55 Å². The van der Waals surface area contributed by atoms with Crippen molar-refractivity contribution in [3.8, 4) is 0 Å². The smallest absolute Gasteiger partial charge is 0.308 e. The van der Waals surface area contributed by atoms with Gasteiger partial charge in [-0.1, -0.05) is 37.3 Å². The summed E-state index contributed by atoms with van der Waals surface area (Å²) in [6.45, 7) is 1.90. The van der Waals surface area contributed by atoms with Crippen LogP contribution in [0.3, 0.4) is 0 Å². The molecule has 0 saturated heterocycles. The number of Topliss-reactive ketones (excluding diaryl/α,β-unsaturated/α-hetero) is 1. The molecule has 0 aliphatic heterocycles. The lowest BCUT2D eigenvalue weighted by Gasteiger charge is -2.21. The van der Waals surface area contributed by atoms with E-state index in [2.05, 4.69) is 0 Å². The van der Waals surface area contributed by atoms with Crippen molar-refractivity contribution in [2.24, 2.45) is 0 Å². The molecule has 0 fully saturated rings. The zero-order valence-corrected chi connectivity index (χ0v) is 17.3. The highest BCUT2D eigenvalue weighted by Crippen LogP contribution is 2.35. The number of aryl methyl sites for hydroxylation is 3. The molecule has 1 aliphatic carbocycles. The van der Waals surface area contributed by atoms with Gasteiger partial charge in [0.05, 0.1) is 18.9 Å². The van der Waals surface area contributed by atoms with Gasteiger partial charge in [0, 0.05) is 16.9 Å². The summed E-state index contributed by atoms with van der Waals surface area (Å²) < 4.78 is 6.25. The van der Waals surface area contributed by atoms with Gasteiger partial charge in [0.2, 0.25) is 0 Å². The number of nitrogens with zero attached hydrogens (tertiary/aromatic N) is 2. The second-order valence-electron chi connectivity index (χ2n) is 7.12. The van der Waals surface area contributed by atoms with Crippen molar-refractivity contribution in [3.05, 3.63) is 62.5 Å². The molecule has 0 saturated carbocycles. The van der Waals surface area contributed by atoms with E-state index in [1.165, 1.54) is 16.6 Å². The van der Waals surface area contributed by atoms with Gasteiger partial charge in [0.25, 0.3) is 5.56 Å². The molecule has 4 rings (SSSR count). The third kappa shape index (κ3) is 3.40. The molecular formula is C22H22N2O4S. The lowest BCUT2D eigenvalue weighted by molar-refractivity contribution is -0.141. The number of methoxy groups -OCH3 is 1. The maximum absolute atomic E-state index is 13.6. The molecule has 7 heteroatoms. The summed E-state index contributed by atoms with van der Waals surface area (Å²) in [6, 6.07) is 7.74. The number of hydrogen-bond acceptors (Lipinski definition) is 6. The normalized spacial score (nSPS) is 14.0. The van der Waals surface area contributed by atoms with Crippen molar-refractivity contribution in [2.75, 3.05) is 7.11 Å². The van der Waals surface area contributed by atoms with E-state index in [-0.39, 0.29) is 17.8 Å². The summed E-state index contributed by atoms with van der Waals surface area (Å²) >= 11 is 1.57. The summed E-state index contributed by atoms with van der Waals surface area (Å²) in [7, 11) is 1.28. The molecule has 1 aromatic carbocycles. The van der Waals surface area contributed by atoms with E-state index in [1.807, 2.05) is 13.0 Å². The third-order valence-electron chi connectivity index (χ3n) is 5.42. The quantitative estimate of drug-likeness (QED) is 0.459. The lowest BCUT2D eigenvalue weighted by Crippen LogP contribution is -2.35. The Labute approximate surface area is 172 Å². The molecule has 1 unspecified atom stereocenters. The number of ether oxygens (including phenoxy) is 1. The number of thiophene rings is 1. The maximum atomic E-state index is 13.6. The number of rotatable bonds is 6. The van der Waals surface area contributed by atoms with Gasteiger partial charge >= 0.3 is 5.97 Å². The number of hydrogen-bond donors (Lipinski definition) is 0. The van der Waals surface area contributed by atoms with E-state index < -0.39 is 12.0 Å². The Morgan fingerprint density at radius 2 is 2.00 bits per heavy atom. The van der Waals surface area contributed by atoms with Gasteiger partial charge in [0.1, 0.15) is 16.7 Å². The van der Waals surface area contributed by atoms with Crippen LogP contribution in [0.2, 0.25) is 0 Å². The predicted octanol–water partition coefficient (Wildman–Crippen LogP) is 3.50. The molecule has 1 atom stereocenters. The average Bonchev–Trinajstić information content (AvgIpc) is 3.33. The van der Waals surface area contributed by atoms with Crippen LogP contribution in [0.4, 0.5) is 0 Å². The minimum absolute atomic E-state index is 0.212. The highest BCUT2D eigenvalue weighted by molar-refractivity contribution is 7.18. The number of carbonyl (C=O) groups is 2. The molecule has 0 radical (unpaired) electrons. The summed E-state index contributed by atoms with van der Waals surface area (Å²) in [5.74, 6) is -0.315. The average molecular weight is 410 g/mol. The summed E-state index contributed by atoms with van der Waals surface area (Å²) in [5.41, 5.74) is 1.28. The summed E-state index contributed by atoms with van der Waals surface area (Å²) in [5, 5.41) is 0.607. The first-order valence-corrected chi connectivity index (χ1v) is 10.6. The SMILES string of the molecule is CCc1nc2sc3c(c2c(=O)n1C(CC(=O)OC)C(=O)c1ccccc1)CCC3. The van der Waals surface area contributed by atoms with Crippen LogP contribution >= 0.6 is 11.3 Å². The van der Waals surface area contributed by atoms with Gasteiger partial charge in [0.15, 0.2) is 5.78 Å². The van der Waals surface area contributed by atoms with Crippen molar-refractivity contribution in [1.29, 1.82) is 0 Å². The minimum atomic E-state index is -0.985. The first-order chi connectivity index (χ1) is 14.0. The molecule has 0 amide bonds. The van der Waals surface area contributed by atoms with Crippen LogP contribution < -0.4 is 5.56 Å². The molecule has 1 aliphatic rings. The molecule has 150 valence electrons. The van der Waals surface area contributed by atoms with E-state index in [9.17, 15) is 14.4 Å². The summed E-state index contributed by atoms with van der Waals surface area (Å²) in [6.07, 6.45) is 3.11. The van der Waals surface area contributed by atoms with Crippen LogP contribution in [-0.4, -0.2) is 28.4 Å². The van der Waals surface area contributed by atoms with Gasteiger partial charge in [-0.05, 0) is 24.8 Å². The van der Waals surface area contributed by atoms with Gasteiger partial charge in [-0.2, -0.15) is 0 Å². The Morgan fingerprint density at radius 1 is 1.24 bits per heavy atom. The fourth-order valence-corrected chi connectivity index (χ4v) is 5.28. The molecule has 2 heterocycles. The van der Waals surface area contributed by atoms with Crippen LogP contribution in [0.25, 0.3) is 10.2 Å². The van der Waals surface area contributed by atoms with Gasteiger partial charge in [-0.25, -0.2) is 4.98 Å². The van der Waals surface area contributed by atoms with E-state index in [0.29, 0.717) is 23.2 Å². The number of fused-ring (bicyclic) bond motifs is 3. The molecule has 0 bridgehead atoms. The topological polar surface area (TPSA) is 78.3 Å². The number of carbonyl (C=O) groups excluding carboxylic acids is 2. The van der Waals surface area contributed by atoms with Crippen molar-refractivity contribution < 1.29 is 14.3 Å². The van der Waals surface area contributed by atoms with Crippen LogP contribution in [0, 0.1) is 0 Å². The molecule has 29 heavy (non-hydrogen) atoms.